The number of anilines is 1. The molecule has 8 heteroatoms. The van der Waals surface area contributed by atoms with Gasteiger partial charge in [-0.15, -0.1) is 5.10 Å². The molecule has 0 spiro atoms. The molecule has 28 heavy (non-hydrogen) atoms. The summed E-state index contributed by atoms with van der Waals surface area (Å²) in [6, 6.07) is 12.3. The lowest BCUT2D eigenvalue weighted by molar-refractivity contribution is 0.249. The number of piperazine rings is 1. The molecule has 0 amide bonds. The highest BCUT2D eigenvalue weighted by atomic mass is 16.2. The van der Waals surface area contributed by atoms with Crippen LogP contribution in [0.15, 0.2) is 52.2 Å². The van der Waals surface area contributed by atoms with E-state index in [1.54, 1.807) is 0 Å². The zero-order valence-corrected chi connectivity index (χ0v) is 15.7. The van der Waals surface area contributed by atoms with Gasteiger partial charge in [-0.1, -0.05) is 30.3 Å². The van der Waals surface area contributed by atoms with E-state index >= 15 is 0 Å². The highest BCUT2D eigenvalue weighted by molar-refractivity contribution is 5.64. The van der Waals surface area contributed by atoms with Gasteiger partial charge in [-0.2, -0.15) is 5.10 Å². The van der Waals surface area contributed by atoms with Gasteiger partial charge in [0.25, 0.3) is 5.56 Å². The van der Waals surface area contributed by atoms with Crippen molar-refractivity contribution in [3.8, 4) is 11.3 Å². The van der Waals surface area contributed by atoms with Crippen molar-refractivity contribution in [3.05, 3.63) is 74.7 Å². The van der Waals surface area contributed by atoms with E-state index in [9.17, 15) is 9.59 Å². The van der Waals surface area contributed by atoms with Crippen LogP contribution in [0, 0.1) is 6.92 Å². The zero-order chi connectivity index (χ0) is 19.5. The van der Waals surface area contributed by atoms with Crippen molar-refractivity contribution in [1.29, 1.82) is 0 Å². The van der Waals surface area contributed by atoms with Crippen molar-refractivity contribution in [2.24, 2.45) is 0 Å². The maximum atomic E-state index is 12.1. The van der Waals surface area contributed by atoms with Crippen molar-refractivity contribution >= 4 is 5.69 Å². The molecule has 3 aromatic rings. The molecule has 3 heterocycles. The Morgan fingerprint density at radius 2 is 1.79 bits per heavy atom. The Hall–Kier alpha value is -3.26. The van der Waals surface area contributed by atoms with Crippen molar-refractivity contribution in [1.82, 2.24) is 25.1 Å². The van der Waals surface area contributed by atoms with Crippen LogP contribution >= 0.6 is 0 Å². The first-order valence-corrected chi connectivity index (χ1v) is 9.28. The molecular formula is C20H22N6O2. The third-order valence-electron chi connectivity index (χ3n) is 5.01. The number of hydrogen-bond acceptors (Lipinski definition) is 6. The molecule has 1 aliphatic rings. The summed E-state index contributed by atoms with van der Waals surface area (Å²) in [4.78, 5) is 32.7. The van der Waals surface area contributed by atoms with E-state index in [4.69, 9.17) is 0 Å². The Balaban J connectivity index is 1.50. The van der Waals surface area contributed by atoms with Crippen LogP contribution in [0.3, 0.4) is 0 Å². The van der Waals surface area contributed by atoms with Crippen molar-refractivity contribution in [2.45, 2.75) is 13.5 Å². The molecule has 1 saturated heterocycles. The number of H-pyrrole nitrogens is 2. The summed E-state index contributed by atoms with van der Waals surface area (Å²) in [7, 11) is 0. The molecule has 1 fully saturated rings. The molecule has 0 atom stereocenters. The van der Waals surface area contributed by atoms with Gasteiger partial charge in [-0.25, -0.2) is 4.79 Å². The van der Waals surface area contributed by atoms with Crippen LogP contribution in [0.4, 0.5) is 5.69 Å². The Kier molecular flexibility index (Phi) is 5.03. The molecule has 0 saturated carbocycles. The predicted octanol–water partition coefficient (Wildman–Crippen LogP) is 1.15. The Morgan fingerprint density at radius 1 is 1.04 bits per heavy atom. The third-order valence-corrected chi connectivity index (χ3v) is 5.01. The fourth-order valence-corrected chi connectivity index (χ4v) is 3.48. The van der Waals surface area contributed by atoms with E-state index in [1.165, 1.54) is 11.8 Å². The number of nitrogens with one attached hydrogen (secondary N) is 2. The number of aromatic amines is 2. The SMILES string of the molecule is Cc1nnc(-c2c[nH]c(=O)[nH]c2=O)cc1N1CCN(Cc2ccccc2)CC1. The number of aromatic nitrogens is 4. The van der Waals surface area contributed by atoms with Gasteiger partial charge < -0.3 is 9.88 Å². The highest BCUT2D eigenvalue weighted by Crippen LogP contribution is 2.24. The molecule has 0 radical (unpaired) electrons. The second-order valence-electron chi connectivity index (χ2n) is 6.93. The van der Waals surface area contributed by atoms with Crippen LogP contribution in [0.25, 0.3) is 11.3 Å². The van der Waals surface area contributed by atoms with Gasteiger partial charge in [0.05, 0.1) is 16.9 Å². The minimum atomic E-state index is -0.538. The molecular weight excluding hydrogens is 356 g/mol. The Morgan fingerprint density at radius 3 is 2.50 bits per heavy atom. The normalized spacial score (nSPS) is 15.0. The quantitative estimate of drug-likeness (QED) is 0.707. The molecule has 1 aliphatic heterocycles. The molecule has 0 aliphatic carbocycles. The highest BCUT2D eigenvalue weighted by Gasteiger charge is 2.20. The minimum Gasteiger partial charge on any atom is -0.367 e. The van der Waals surface area contributed by atoms with Crippen LogP contribution in [-0.4, -0.2) is 51.2 Å². The van der Waals surface area contributed by atoms with E-state index in [1.807, 2.05) is 19.1 Å². The number of rotatable bonds is 4. The first-order chi connectivity index (χ1) is 13.6. The lowest BCUT2D eigenvalue weighted by Crippen LogP contribution is -2.46. The van der Waals surface area contributed by atoms with Gasteiger partial charge in [0.1, 0.15) is 5.69 Å². The molecule has 4 rings (SSSR count). The fraction of sp³-hybridized carbons (Fsp3) is 0.300. The average molecular weight is 378 g/mol. The van der Waals surface area contributed by atoms with Gasteiger partial charge in [0.2, 0.25) is 0 Å². The molecule has 0 bridgehead atoms. The smallest absolute Gasteiger partial charge is 0.325 e. The van der Waals surface area contributed by atoms with Gasteiger partial charge in [-0.3, -0.25) is 14.7 Å². The third kappa shape index (κ3) is 3.86. The second-order valence-corrected chi connectivity index (χ2v) is 6.93. The van der Waals surface area contributed by atoms with Gasteiger partial charge in [-0.05, 0) is 18.6 Å². The van der Waals surface area contributed by atoms with Crippen LogP contribution in [-0.2, 0) is 6.54 Å². The second kappa shape index (κ2) is 7.77. The van der Waals surface area contributed by atoms with E-state index in [2.05, 4.69) is 54.2 Å². The molecule has 0 unspecified atom stereocenters. The molecule has 2 N–H and O–H groups in total. The van der Waals surface area contributed by atoms with E-state index < -0.39 is 11.2 Å². The largest absolute Gasteiger partial charge is 0.367 e. The maximum absolute atomic E-state index is 12.1. The Labute approximate surface area is 161 Å². The maximum Gasteiger partial charge on any atom is 0.325 e. The lowest BCUT2D eigenvalue weighted by Gasteiger charge is -2.36. The molecule has 144 valence electrons. The van der Waals surface area contributed by atoms with Crippen molar-refractivity contribution < 1.29 is 0 Å². The van der Waals surface area contributed by atoms with Crippen molar-refractivity contribution in [3.63, 3.8) is 0 Å². The monoisotopic (exact) mass is 378 g/mol. The first-order valence-electron chi connectivity index (χ1n) is 9.28. The van der Waals surface area contributed by atoms with Crippen molar-refractivity contribution in [2.75, 3.05) is 31.1 Å². The summed E-state index contributed by atoms with van der Waals surface area (Å²) >= 11 is 0. The van der Waals surface area contributed by atoms with Crippen LogP contribution < -0.4 is 16.1 Å². The van der Waals surface area contributed by atoms with Gasteiger partial charge >= 0.3 is 5.69 Å². The number of nitrogens with zero attached hydrogens (tertiary/aromatic N) is 4. The summed E-state index contributed by atoms with van der Waals surface area (Å²) in [5.74, 6) is 0. The first kappa shape index (κ1) is 18.1. The number of benzene rings is 1. The minimum absolute atomic E-state index is 0.302. The summed E-state index contributed by atoms with van der Waals surface area (Å²) in [6.45, 7) is 6.51. The molecule has 1 aromatic carbocycles. The zero-order valence-electron chi connectivity index (χ0n) is 15.7. The van der Waals surface area contributed by atoms with Crippen LogP contribution in [0.1, 0.15) is 11.3 Å². The van der Waals surface area contributed by atoms with E-state index in [0.717, 1.165) is 44.1 Å². The standard InChI is InChI=1S/C20H22N6O2/c1-14-18(11-17(24-23-14)16-12-21-20(28)22-19(16)27)26-9-7-25(8-10-26)13-15-5-3-2-4-6-15/h2-6,11-12H,7-10,13H2,1H3,(H2,21,22,27,28). The Bertz CT molecular complexity index is 1070. The molecule has 2 aromatic heterocycles. The fourth-order valence-electron chi connectivity index (χ4n) is 3.48. The average Bonchev–Trinajstić information content (AvgIpc) is 2.70. The van der Waals surface area contributed by atoms with Gasteiger partial charge in [0.15, 0.2) is 0 Å². The van der Waals surface area contributed by atoms with Crippen LogP contribution in [0.2, 0.25) is 0 Å². The van der Waals surface area contributed by atoms with E-state index in [-0.39, 0.29) is 0 Å². The lowest BCUT2D eigenvalue weighted by atomic mass is 10.1. The van der Waals surface area contributed by atoms with E-state index in [0.29, 0.717) is 11.3 Å². The topological polar surface area (TPSA) is 98.0 Å². The predicted molar refractivity (Wildman–Crippen MR) is 107 cm³/mol. The van der Waals surface area contributed by atoms with Crippen LogP contribution in [0.5, 0.6) is 0 Å². The summed E-state index contributed by atoms with van der Waals surface area (Å²) in [5.41, 5.74) is 2.85. The summed E-state index contributed by atoms with van der Waals surface area (Å²) in [6.07, 6.45) is 1.38. The number of hydrogen-bond donors (Lipinski definition) is 2. The van der Waals surface area contributed by atoms with Gasteiger partial charge in [0, 0.05) is 38.9 Å². The summed E-state index contributed by atoms with van der Waals surface area (Å²) < 4.78 is 0. The number of aryl methyl sites for hydroxylation is 1. The molecule has 8 nitrogen and oxygen atoms in total. The summed E-state index contributed by atoms with van der Waals surface area (Å²) in [5, 5.41) is 8.37.